The first-order chi connectivity index (χ1) is 7.38. The Morgan fingerprint density at radius 1 is 1.44 bits per heavy atom. The molecule has 0 aliphatic carbocycles. The van der Waals surface area contributed by atoms with Crippen molar-refractivity contribution in [2.75, 3.05) is 19.8 Å². The highest BCUT2D eigenvalue weighted by atomic mass is 32.2. The van der Waals surface area contributed by atoms with Gasteiger partial charge in [0.2, 0.25) is 0 Å². The SMILES string of the molecule is CNCC(=O)c1cccc(O)c1S(C)(=O)=O. The van der Waals surface area contributed by atoms with Crippen molar-refractivity contribution in [3.8, 4) is 5.75 Å². The van der Waals surface area contributed by atoms with E-state index in [0.717, 1.165) is 6.26 Å². The summed E-state index contributed by atoms with van der Waals surface area (Å²) >= 11 is 0. The third kappa shape index (κ3) is 2.59. The van der Waals surface area contributed by atoms with Crippen LogP contribution in [0.2, 0.25) is 0 Å². The lowest BCUT2D eigenvalue weighted by Gasteiger charge is -2.08. The molecule has 0 heterocycles. The molecule has 5 nitrogen and oxygen atoms in total. The van der Waals surface area contributed by atoms with E-state index >= 15 is 0 Å². The van der Waals surface area contributed by atoms with Crippen LogP contribution in [-0.4, -0.2) is 39.2 Å². The number of aromatic hydroxyl groups is 1. The minimum atomic E-state index is -3.63. The minimum Gasteiger partial charge on any atom is -0.507 e. The molecule has 1 aromatic rings. The van der Waals surface area contributed by atoms with Gasteiger partial charge in [-0.05, 0) is 19.2 Å². The molecule has 16 heavy (non-hydrogen) atoms. The van der Waals surface area contributed by atoms with Gasteiger partial charge >= 0.3 is 0 Å². The molecule has 1 rings (SSSR count). The predicted molar refractivity (Wildman–Crippen MR) is 59.5 cm³/mol. The Hall–Kier alpha value is -1.40. The molecular weight excluding hydrogens is 230 g/mol. The van der Waals surface area contributed by atoms with Crippen LogP contribution < -0.4 is 5.32 Å². The topological polar surface area (TPSA) is 83.5 Å². The molecular formula is C10H13NO4S. The van der Waals surface area contributed by atoms with Crippen LogP contribution in [0.3, 0.4) is 0 Å². The van der Waals surface area contributed by atoms with Crippen LogP contribution in [0.1, 0.15) is 10.4 Å². The first kappa shape index (κ1) is 12.7. The maximum atomic E-state index is 11.6. The largest absolute Gasteiger partial charge is 0.507 e. The van der Waals surface area contributed by atoms with Gasteiger partial charge in [-0.1, -0.05) is 6.07 Å². The van der Waals surface area contributed by atoms with E-state index in [0.29, 0.717) is 0 Å². The van der Waals surface area contributed by atoms with Gasteiger partial charge < -0.3 is 10.4 Å². The molecule has 0 saturated heterocycles. The number of sulfone groups is 1. The fourth-order valence-electron chi connectivity index (χ4n) is 1.39. The highest BCUT2D eigenvalue weighted by Gasteiger charge is 2.21. The Bertz CT molecular complexity index is 508. The van der Waals surface area contributed by atoms with E-state index in [2.05, 4.69) is 5.32 Å². The summed E-state index contributed by atoms with van der Waals surface area (Å²) in [5.74, 6) is -0.775. The predicted octanol–water partition coefficient (Wildman–Crippen LogP) is 0.198. The van der Waals surface area contributed by atoms with Crippen molar-refractivity contribution in [1.82, 2.24) is 5.32 Å². The quantitative estimate of drug-likeness (QED) is 0.738. The van der Waals surface area contributed by atoms with E-state index in [4.69, 9.17) is 0 Å². The van der Waals surface area contributed by atoms with Gasteiger partial charge in [0.05, 0.1) is 6.54 Å². The number of carbonyl (C=O) groups excluding carboxylic acids is 1. The zero-order chi connectivity index (χ0) is 12.3. The first-order valence-electron chi connectivity index (χ1n) is 4.57. The lowest BCUT2D eigenvalue weighted by molar-refractivity contribution is 0.0989. The fraction of sp³-hybridized carbons (Fsp3) is 0.300. The third-order valence-corrected chi connectivity index (χ3v) is 3.17. The van der Waals surface area contributed by atoms with Gasteiger partial charge in [-0.15, -0.1) is 0 Å². The Kier molecular flexibility index (Phi) is 3.66. The molecule has 0 radical (unpaired) electrons. The summed E-state index contributed by atoms with van der Waals surface area (Å²) in [4.78, 5) is 11.3. The van der Waals surface area contributed by atoms with Crippen LogP contribution in [0.15, 0.2) is 23.1 Å². The summed E-state index contributed by atoms with van der Waals surface area (Å²) in [6.45, 7) is 0.0198. The molecule has 2 N–H and O–H groups in total. The van der Waals surface area contributed by atoms with E-state index in [1.165, 1.54) is 18.2 Å². The van der Waals surface area contributed by atoms with Crippen molar-refractivity contribution in [3.63, 3.8) is 0 Å². The van der Waals surface area contributed by atoms with Crippen molar-refractivity contribution in [2.24, 2.45) is 0 Å². The Balaban J connectivity index is 3.41. The van der Waals surface area contributed by atoms with Gasteiger partial charge in [0, 0.05) is 11.8 Å². The molecule has 0 unspecified atom stereocenters. The number of hydrogen-bond acceptors (Lipinski definition) is 5. The van der Waals surface area contributed by atoms with Crippen molar-refractivity contribution in [3.05, 3.63) is 23.8 Å². The molecule has 88 valence electrons. The number of ketones is 1. The summed E-state index contributed by atoms with van der Waals surface area (Å²) in [6.07, 6.45) is 0.957. The number of Topliss-reactive ketones (excluding diaryl/α,β-unsaturated/α-hetero) is 1. The van der Waals surface area contributed by atoms with Gasteiger partial charge in [-0.25, -0.2) is 8.42 Å². The van der Waals surface area contributed by atoms with Gasteiger partial charge in [-0.2, -0.15) is 0 Å². The van der Waals surface area contributed by atoms with Crippen molar-refractivity contribution in [1.29, 1.82) is 0 Å². The second kappa shape index (κ2) is 4.63. The van der Waals surface area contributed by atoms with Crippen molar-refractivity contribution < 1.29 is 18.3 Å². The third-order valence-electron chi connectivity index (χ3n) is 2.00. The Morgan fingerprint density at radius 2 is 2.06 bits per heavy atom. The van der Waals surface area contributed by atoms with Crippen LogP contribution >= 0.6 is 0 Å². The monoisotopic (exact) mass is 243 g/mol. The zero-order valence-corrected chi connectivity index (χ0v) is 9.84. The number of nitrogens with one attached hydrogen (secondary N) is 1. The van der Waals surface area contributed by atoms with Gasteiger partial charge in [-0.3, -0.25) is 4.79 Å². The van der Waals surface area contributed by atoms with Crippen LogP contribution in [0, 0.1) is 0 Å². The minimum absolute atomic E-state index is 0.0110. The lowest BCUT2D eigenvalue weighted by atomic mass is 10.1. The molecule has 0 aliphatic rings. The van der Waals surface area contributed by atoms with E-state index in [-0.39, 0.29) is 22.8 Å². The molecule has 0 saturated carbocycles. The molecule has 6 heteroatoms. The highest BCUT2D eigenvalue weighted by Crippen LogP contribution is 2.26. The van der Waals surface area contributed by atoms with Crippen molar-refractivity contribution >= 4 is 15.6 Å². The first-order valence-corrected chi connectivity index (χ1v) is 6.47. The maximum absolute atomic E-state index is 11.6. The summed E-state index contributed by atoms with van der Waals surface area (Å²) < 4.78 is 22.9. The number of phenols is 1. The van der Waals surface area contributed by atoms with Crippen LogP contribution in [0.4, 0.5) is 0 Å². The number of carbonyl (C=O) groups is 1. The second-order valence-electron chi connectivity index (χ2n) is 3.38. The van der Waals surface area contributed by atoms with Crippen molar-refractivity contribution in [2.45, 2.75) is 4.90 Å². The molecule has 0 aliphatic heterocycles. The number of rotatable bonds is 4. The van der Waals surface area contributed by atoms with E-state index < -0.39 is 15.6 Å². The summed E-state index contributed by atoms with van der Waals surface area (Å²) in [6, 6.07) is 4.06. The molecule has 0 spiro atoms. The molecule has 0 atom stereocenters. The zero-order valence-electron chi connectivity index (χ0n) is 9.02. The average molecular weight is 243 g/mol. The highest BCUT2D eigenvalue weighted by molar-refractivity contribution is 7.90. The van der Waals surface area contributed by atoms with Gasteiger partial charge in [0.1, 0.15) is 10.6 Å². The van der Waals surface area contributed by atoms with Crippen LogP contribution in [0.25, 0.3) is 0 Å². The molecule has 0 bridgehead atoms. The van der Waals surface area contributed by atoms with E-state index in [1.807, 2.05) is 0 Å². The summed E-state index contributed by atoms with van der Waals surface area (Å²) in [5.41, 5.74) is 0.0110. The van der Waals surface area contributed by atoms with E-state index in [1.54, 1.807) is 7.05 Å². The standard InChI is InChI=1S/C10H13NO4S/c1-11-6-9(13)7-4-3-5-8(12)10(7)16(2,14)15/h3-5,11-12H,6H2,1-2H3. The average Bonchev–Trinajstić information content (AvgIpc) is 2.15. The van der Waals surface area contributed by atoms with Gasteiger partial charge in [0.15, 0.2) is 15.6 Å². The van der Waals surface area contributed by atoms with Crippen LogP contribution in [0.5, 0.6) is 5.75 Å². The Morgan fingerprint density at radius 3 is 2.56 bits per heavy atom. The van der Waals surface area contributed by atoms with E-state index in [9.17, 15) is 18.3 Å². The van der Waals surface area contributed by atoms with Gasteiger partial charge in [0.25, 0.3) is 0 Å². The second-order valence-corrected chi connectivity index (χ2v) is 5.33. The summed E-state index contributed by atoms with van der Waals surface area (Å²) in [7, 11) is -2.04. The number of likely N-dealkylation sites (N-methyl/N-ethyl adjacent to an activating group) is 1. The maximum Gasteiger partial charge on any atom is 0.179 e. The molecule has 0 fully saturated rings. The number of hydrogen-bond donors (Lipinski definition) is 2. The van der Waals surface area contributed by atoms with Crippen LogP contribution in [-0.2, 0) is 9.84 Å². The fourth-order valence-corrected chi connectivity index (χ4v) is 2.42. The molecule has 0 amide bonds. The lowest BCUT2D eigenvalue weighted by Crippen LogP contribution is -2.20. The Labute approximate surface area is 94.0 Å². The number of phenolic OH excluding ortho intramolecular Hbond substituents is 1. The molecule has 0 aromatic heterocycles. The normalized spacial score (nSPS) is 11.4. The smallest absolute Gasteiger partial charge is 0.179 e. The summed E-state index contributed by atoms with van der Waals surface area (Å²) in [5, 5.41) is 12.1. The molecule has 1 aromatic carbocycles. The number of benzene rings is 1.